The number of rotatable bonds is 3. The molecule has 8 heteroatoms. The Morgan fingerprint density at radius 1 is 1.42 bits per heavy atom. The van der Waals surface area contributed by atoms with Gasteiger partial charge in [0.2, 0.25) is 0 Å². The molecular formula is C11H8F3N3O2. The minimum atomic E-state index is -4.42. The number of hydrogen-bond acceptors (Lipinski definition) is 4. The van der Waals surface area contributed by atoms with Crippen molar-refractivity contribution in [1.29, 1.82) is 5.26 Å². The monoisotopic (exact) mass is 271 g/mol. The topological polar surface area (TPSA) is 79.0 Å². The molecule has 1 aromatic rings. The van der Waals surface area contributed by atoms with E-state index < -0.39 is 16.6 Å². The molecule has 0 heterocycles. The van der Waals surface area contributed by atoms with Gasteiger partial charge in [0.05, 0.1) is 16.2 Å². The fourth-order valence-corrected chi connectivity index (χ4v) is 1.71. The van der Waals surface area contributed by atoms with Crippen LogP contribution in [0.3, 0.4) is 0 Å². The standard InChI is InChI=1S/C11H8F3N3O2/c12-11(13,14)10(3-4-10)16-9-2-1-8(17(18)19)5-7(9)6-15/h1-2,5,16H,3-4H2. The molecule has 0 spiro atoms. The van der Waals surface area contributed by atoms with Crippen molar-refractivity contribution in [3.63, 3.8) is 0 Å². The van der Waals surface area contributed by atoms with Gasteiger partial charge in [0.15, 0.2) is 0 Å². The molecule has 0 amide bonds. The van der Waals surface area contributed by atoms with Gasteiger partial charge < -0.3 is 5.32 Å². The van der Waals surface area contributed by atoms with Gasteiger partial charge in [0.25, 0.3) is 5.69 Å². The van der Waals surface area contributed by atoms with Crippen LogP contribution in [-0.4, -0.2) is 16.6 Å². The molecule has 0 bridgehead atoms. The molecule has 1 fully saturated rings. The Balaban J connectivity index is 2.32. The summed E-state index contributed by atoms with van der Waals surface area (Å²) in [6, 6.07) is 4.80. The number of benzene rings is 1. The molecule has 5 nitrogen and oxygen atoms in total. The molecule has 0 atom stereocenters. The Hall–Kier alpha value is -2.30. The van der Waals surface area contributed by atoms with Crippen molar-refractivity contribution >= 4 is 11.4 Å². The van der Waals surface area contributed by atoms with E-state index in [-0.39, 0.29) is 29.8 Å². The van der Waals surface area contributed by atoms with Gasteiger partial charge in [-0.25, -0.2) is 0 Å². The van der Waals surface area contributed by atoms with Crippen LogP contribution in [0.5, 0.6) is 0 Å². The molecule has 0 unspecified atom stereocenters. The molecule has 0 saturated heterocycles. The highest BCUT2D eigenvalue weighted by molar-refractivity contribution is 5.63. The summed E-state index contributed by atoms with van der Waals surface area (Å²) in [7, 11) is 0. The van der Waals surface area contributed by atoms with Crippen LogP contribution in [0.4, 0.5) is 24.5 Å². The van der Waals surface area contributed by atoms with Gasteiger partial charge in [-0.15, -0.1) is 0 Å². The fraction of sp³-hybridized carbons (Fsp3) is 0.364. The Morgan fingerprint density at radius 2 is 2.05 bits per heavy atom. The van der Waals surface area contributed by atoms with Crippen molar-refractivity contribution in [3.8, 4) is 6.07 Å². The van der Waals surface area contributed by atoms with Crippen LogP contribution in [0, 0.1) is 21.4 Å². The summed E-state index contributed by atoms with van der Waals surface area (Å²) in [5.74, 6) is 0. The van der Waals surface area contributed by atoms with Crippen LogP contribution in [-0.2, 0) is 0 Å². The first-order chi connectivity index (χ1) is 8.79. The first-order valence-electron chi connectivity index (χ1n) is 5.32. The van der Waals surface area contributed by atoms with Crippen molar-refractivity contribution in [2.75, 3.05) is 5.32 Å². The average molecular weight is 271 g/mol. The Labute approximate surface area is 105 Å². The summed E-state index contributed by atoms with van der Waals surface area (Å²) >= 11 is 0. The molecule has 1 aliphatic rings. The van der Waals surface area contributed by atoms with Gasteiger partial charge in [0.1, 0.15) is 11.6 Å². The van der Waals surface area contributed by atoms with E-state index in [2.05, 4.69) is 5.32 Å². The first-order valence-corrected chi connectivity index (χ1v) is 5.32. The zero-order valence-corrected chi connectivity index (χ0v) is 9.49. The summed E-state index contributed by atoms with van der Waals surface area (Å²) < 4.78 is 38.3. The lowest BCUT2D eigenvalue weighted by Crippen LogP contribution is -2.38. The smallest absolute Gasteiger partial charge is 0.370 e. The third-order valence-corrected chi connectivity index (χ3v) is 3.00. The van der Waals surface area contributed by atoms with Crippen molar-refractivity contribution in [3.05, 3.63) is 33.9 Å². The highest BCUT2D eigenvalue weighted by Gasteiger charge is 2.63. The second-order valence-corrected chi connectivity index (χ2v) is 4.30. The maximum atomic E-state index is 12.8. The van der Waals surface area contributed by atoms with E-state index in [4.69, 9.17) is 5.26 Å². The molecule has 1 saturated carbocycles. The van der Waals surface area contributed by atoms with Gasteiger partial charge in [0, 0.05) is 12.1 Å². The van der Waals surface area contributed by atoms with E-state index in [9.17, 15) is 23.3 Å². The highest BCUT2D eigenvalue weighted by atomic mass is 19.4. The van der Waals surface area contributed by atoms with E-state index in [1.165, 1.54) is 0 Å². The molecule has 2 rings (SSSR count). The molecule has 100 valence electrons. The number of nitrogens with zero attached hydrogens (tertiary/aromatic N) is 2. The zero-order valence-electron chi connectivity index (χ0n) is 9.49. The first kappa shape index (κ1) is 13.1. The Bertz CT molecular complexity index is 574. The number of nitrogens with one attached hydrogen (secondary N) is 1. The number of nitriles is 1. The predicted molar refractivity (Wildman–Crippen MR) is 59.5 cm³/mol. The number of nitro groups is 1. The largest absolute Gasteiger partial charge is 0.411 e. The number of anilines is 1. The van der Waals surface area contributed by atoms with Gasteiger partial charge in [-0.05, 0) is 18.9 Å². The Morgan fingerprint density at radius 3 is 2.47 bits per heavy atom. The third-order valence-electron chi connectivity index (χ3n) is 3.00. The fourth-order valence-electron chi connectivity index (χ4n) is 1.71. The molecule has 1 N–H and O–H groups in total. The van der Waals surface area contributed by atoms with Crippen LogP contribution < -0.4 is 5.32 Å². The lowest BCUT2D eigenvalue weighted by molar-refractivity contribution is -0.384. The lowest BCUT2D eigenvalue weighted by atomic mass is 10.1. The highest BCUT2D eigenvalue weighted by Crippen LogP contribution is 2.51. The summed E-state index contributed by atoms with van der Waals surface area (Å²) in [4.78, 5) is 9.83. The van der Waals surface area contributed by atoms with Gasteiger partial charge in [-0.3, -0.25) is 10.1 Å². The molecule has 0 aliphatic heterocycles. The van der Waals surface area contributed by atoms with Crippen LogP contribution >= 0.6 is 0 Å². The maximum absolute atomic E-state index is 12.8. The summed E-state index contributed by atoms with van der Waals surface area (Å²) in [6.45, 7) is 0. The minimum Gasteiger partial charge on any atom is -0.370 e. The molecule has 1 aromatic carbocycles. The molecule has 1 aliphatic carbocycles. The molecule has 0 aromatic heterocycles. The molecular weight excluding hydrogens is 263 g/mol. The quantitative estimate of drug-likeness (QED) is 0.677. The Kier molecular flexibility index (Phi) is 2.85. The van der Waals surface area contributed by atoms with E-state index in [0.29, 0.717) is 0 Å². The van der Waals surface area contributed by atoms with Crippen molar-refractivity contribution < 1.29 is 18.1 Å². The number of non-ortho nitro benzene ring substituents is 1. The van der Waals surface area contributed by atoms with Gasteiger partial charge in [-0.2, -0.15) is 18.4 Å². The maximum Gasteiger partial charge on any atom is 0.411 e. The van der Waals surface area contributed by atoms with Crippen LogP contribution in [0.2, 0.25) is 0 Å². The van der Waals surface area contributed by atoms with E-state index in [0.717, 1.165) is 18.2 Å². The number of nitro benzene ring substituents is 1. The molecule has 19 heavy (non-hydrogen) atoms. The van der Waals surface area contributed by atoms with Crippen molar-refractivity contribution in [1.82, 2.24) is 0 Å². The SMILES string of the molecule is N#Cc1cc([N+](=O)[O-])ccc1NC1(C(F)(F)F)CC1. The molecule has 0 radical (unpaired) electrons. The van der Waals surface area contributed by atoms with Gasteiger partial charge in [-0.1, -0.05) is 0 Å². The average Bonchev–Trinajstić information content (AvgIpc) is 3.09. The number of alkyl halides is 3. The van der Waals surface area contributed by atoms with E-state index in [1.54, 1.807) is 6.07 Å². The van der Waals surface area contributed by atoms with Crippen LogP contribution in [0.25, 0.3) is 0 Å². The van der Waals surface area contributed by atoms with Crippen molar-refractivity contribution in [2.45, 2.75) is 24.6 Å². The normalized spacial score (nSPS) is 16.5. The van der Waals surface area contributed by atoms with E-state index in [1.807, 2.05) is 0 Å². The van der Waals surface area contributed by atoms with Gasteiger partial charge >= 0.3 is 6.18 Å². The van der Waals surface area contributed by atoms with Crippen LogP contribution in [0.1, 0.15) is 18.4 Å². The minimum absolute atomic E-state index is 0.0390. The second kappa shape index (κ2) is 4.12. The van der Waals surface area contributed by atoms with Crippen molar-refractivity contribution in [2.24, 2.45) is 0 Å². The van der Waals surface area contributed by atoms with Crippen LogP contribution in [0.15, 0.2) is 18.2 Å². The summed E-state index contributed by atoms with van der Waals surface area (Å²) in [5.41, 5.74) is -2.55. The summed E-state index contributed by atoms with van der Waals surface area (Å²) in [5, 5.41) is 21.7. The summed E-state index contributed by atoms with van der Waals surface area (Å²) in [6.07, 6.45) is -4.56. The number of halogens is 3. The second-order valence-electron chi connectivity index (χ2n) is 4.30. The third kappa shape index (κ3) is 2.31. The number of hydrogen-bond donors (Lipinski definition) is 1. The lowest BCUT2D eigenvalue weighted by Gasteiger charge is -2.22. The van der Waals surface area contributed by atoms with E-state index >= 15 is 0 Å². The predicted octanol–water partition coefficient (Wildman–Crippen LogP) is 2.97. The zero-order chi connectivity index (χ0) is 14.3.